The van der Waals surface area contributed by atoms with Gasteiger partial charge < -0.3 is 9.64 Å². The van der Waals surface area contributed by atoms with E-state index in [1.54, 1.807) is 19.1 Å². The van der Waals surface area contributed by atoms with E-state index in [0.29, 0.717) is 19.0 Å². The van der Waals surface area contributed by atoms with E-state index in [9.17, 15) is 4.79 Å². The second kappa shape index (κ2) is 5.27. The van der Waals surface area contributed by atoms with Crippen molar-refractivity contribution in [3.8, 4) is 0 Å². The quantitative estimate of drug-likeness (QED) is 0.845. The molecule has 0 fully saturated rings. The zero-order valence-electron chi connectivity index (χ0n) is 11.1. The summed E-state index contributed by atoms with van der Waals surface area (Å²) >= 11 is 0. The maximum atomic E-state index is 11.9. The fourth-order valence-electron chi connectivity index (χ4n) is 1.19. The van der Waals surface area contributed by atoms with Gasteiger partial charge in [0.2, 0.25) is 5.82 Å². The van der Waals surface area contributed by atoms with Gasteiger partial charge in [-0.2, -0.15) is 0 Å². The van der Waals surface area contributed by atoms with Crippen molar-refractivity contribution in [2.75, 3.05) is 27.3 Å². The summed E-state index contributed by atoms with van der Waals surface area (Å²) < 4.78 is 4.92. The summed E-state index contributed by atoms with van der Waals surface area (Å²) in [7, 11) is 3.30. The molecule has 0 radical (unpaired) electrons. The average molecular weight is 240 g/mol. The van der Waals surface area contributed by atoms with Crippen molar-refractivity contribution in [1.29, 1.82) is 0 Å². The van der Waals surface area contributed by atoms with Gasteiger partial charge in [0.1, 0.15) is 5.82 Å². The number of nitrogens with zero attached hydrogens (tertiary/aromatic N) is 3. The largest absolute Gasteiger partial charge is 0.383 e. The summed E-state index contributed by atoms with van der Waals surface area (Å²) in [6.45, 7) is 7.05. The molecule has 0 aliphatic carbocycles. The average Bonchev–Trinajstić information content (AvgIpc) is 2.73. The summed E-state index contributed by atoms with van der Waals surface area (Å²) in [5.41, 5.74) is -0.142. The first kappa shape index (κ1) is 13.6. The van der Waals surface area contributed by atoms with E-state index in [1.165, 1.54) is 0 Å². The van der Waals surface area contributed by atoms with Crippen molar-refractivity contribution >= 4 is 5.91 Å². The van der Waals surface area contributed by atoms with Gasteiger partial charge in [-0.05, 0) is 0 Å². The maximum Gasteiger partial charge on any atom is 0.293 e. The molecule has 1 amide bonds. The number of aromatic nitrogens is 3. The summed E-state index contributed by atoms with van der Waals surface area (Å²) in [4.78, 5) is 17.7. The molecule has 1 heterocycles. The predicted octanol–water partition coefficient (Wildman–Crippen LogP) is 0.821. The highest BCUT2D eigenvalue weighted by Crippen LogP contribution is 2.17. The Hall–Kier alpha value is -1.43. The first-order valence-electron chi connectivity index (χ1n) is 5.53. The van der Waals surface area contributed by atoms with Crippen LogP contribution in [0.3, 0.4) is 0 Å². The smallest absolute Gasteiger partial charge is 0.293 e. The Morgan fingerprint density at radius 1 is 1.47 bits per heavy atom. The minimum Gasteiger partial charge on any atom is -0.383 e. The van der Waals surface area contributed by atoms with Crippen LogP contribution in [0.5, 0.6) is 0 Å². The highest BCUT2D eigenvalue weighted by atomic mass is 16.5. The molecule has 1 aromatic heterocycles. The summed E-state index contributed by atoms with van der Waals surface area (Å²) in [6.07, 6.45) is 0. The van der Waals surface area contributed by atoms with Gasteiger partial charge in [0.05, 0.1) is 6.61 Å². The number of rotatable bonds is 4. The topological polar surface area (TPSA) is 71.1 Å². The Bertz CT molecular complexity index is 381. The fourth-order valence-corrected chi connectivity index (χ4v) is 1.19. The summed E-state index contributed by atoms with van der Waals surface area (Å²) in [5, 5.41) is 6.74. The number of carbonyl (C=O) groups excluding carboxylic acids is 1. The van der Waals surface area contributed by atoms with Gasteiger partial charge in [0.25, 0.3) is 5.91 Å². The molecule has 96 valence electrons. The van der Waals surface area contributed by atoms with Crippen molar-refractivity contribution in [2.24, 2.45) is 0 Å². The van der Waals surface area contributed by atoms with Crippen molar-refractivity contribution < 1.29 is 9.53 Å². The van der Waals surface area contributed by atoms with E-state index >= 15 is 0 Å². The number of ether oxygens (including phenoxy) is 1. The number of methoxy groups -OCH3 is 1. The Balaban J connectivity index is 2.73. The van der Waals surface area contributed by atoms with E-state index in [0.717, 1.165) is 0 Å². The van der Waals surface area contributed by atoms with Gasteiger partial charge in [-0.3, -0.25) is 9.89 Å². The van der Waals surface area contributed by atoms with Gasteiger partial charge >= 0.3 is 0 Å². The van der Waals surface area contributed by atoms with E-state index in [2.05, 4.69) is 15.2 Å². The lowest BCUT2D eigenvalue weighted by Crippen LogP contribution is -2.30. The third kappa shape index (κ3) is 3.52. The van der Waals surface area contributed by atoms with Gasteiger partial charge in [-0.1, -0.05) is 20.8 Å². The van der Waals surface area contributed by atoms with Crippen LogP contribution in [0.25, 0.3) is 0 Å². The summed E-state index contributed by atoms with van der Waals surface area (Å²) in [5.74, 6) is 0.711. The molecule has 17 heavy (non-hydrogen) atoms. The first-order valence-corrected chi connectivity index (χ1v) is 5.53. The van der Waals surface area contributed by atoms with Crippen molar-refractivity contribution in [3.05, 3.63) is 11.6 Å². The number of aromatic amines is 1. The number of hydrogen-bond acceptors (Lipinski definition) is 4. The van der Waals surface area contributed by atoms with Crippen LogP contribution in [0.15, 0.2) is 0 Å². The van der Waals surface area contributed by atoms with Crippen LogP contribution in [0.2, 0.25) is 0 Å². The standard InChI is InChI=1S/C11H20N4O2/c1-11(2,3)10-12-8(13-14-10)9(16)15(4)6-7-17-5/h6-7H2,1-5H3,(H,12,13,14). The minimum absolute atomic E-state index is 0.142. The van der Waals surface area contributed by atoms with Gasteiger partial charge in [-0.15, -0.1) is 5.10 Å². The lowest BCUT2D eigenvalue weighted by molar-refractivity contribution is 0.0733. The molecule has 0 spiro atoms. The first-order chi connectivity index (χ1) is 7.86. The van der Waals surface area contributed by atoms with E-state index in [-0.39, 0.29) is 17.1 Å². The zero-order valence-corrected chi connectivity index (χ0v) is 11.1. The third-order valence-electron chi connectivity index (χ3n) is 2.36. The molecule has 1 rings (SSSR count). The summed E-state index contributed by atoms with van der Waals surface area (Å²) in [6, 6.07) is 0. The zero-order chi connectivity index (χ0) is 13.1. The van der Waals surface area contributed by atoms with E-state index < -0.39 is 0 Å². The molecule has 0 unspecified atom stereocenters. The number of likely N-dealkylation sites (N-methyl/N-ethyl adjacent to an activating group) is 1. The molecule has 1 aromatic rings. The Morgan fingerprint density at radius 3 is 2.59 bits per heavy atom. The molecule has 0 saturated heterocycles. The van der Waals surface area contributed by atoms with Crippen LogP contribution < -0.4 is 0 Å². The van der Waals surface area contributed by atoms with Crippen molar-refractivity contribution in [1.82, 2.24) is 20.1 Å². The van der Waals surface area contributed by atoms with Crippen LogP contribution in [-0.2, 0) is 10.2 Å². The van der Waals surface area contributed by atoms with Crippen molar-refractivity contribution in [3.63, 3.8) is 0 Å². The van der Waals surface area contributed by atoms with Crippen LogP contribution in [0.4, 0.5) is 0 Å². The number of amides is 1. The van der Waals surface area contributed by atoms with Gasteiger partial charge in [0, 0.05) is 26.1 Å². The molecule has 6 heteroatoms. The number of nitrogens with one attached hydrogen (secondary N) is 1. The molecule has 0 aromatic carbocycles. The Labute approximate surface area is 101 Å². The van der Waals surface area contributed by atoms with Crippen LogP contribution in [-0.4, -0.2) is 53.3 Å². The highest BCUT2D eigenvalue weighted by molar-refractivity contribution is 5.90. The molecule has 0 bridgehead atoms. The van der Waals surface area contributed by atoms with E-state index in [4.69, 9.17) is 4.74 Å². The lowest BCUT2D eigenvalue weighted by Gasteiger charge is -2.14. The molecule has 6 nitrogen and oxygen atoms in total. The van der Waals surface area contributed by atoms with Crippen LogP contribution in [0.1, 0.15) is 37.2 Å². The SMILES string of the molecule is COCCN(C)C(=O)c1n[nH]c(C(C)(C)C)n1. The Kier molecular flexibility index (Phi) is 4.22. The number of hydrogen-bond donors (Lipinski definition) is 1. The molecule has 0 aliphatic rings. The lowest BCUT2D eigenvalue weighted by atomic mass is 9.96. The van der Waals surface area contributed by atoms with Gasteiger partial charge in [0.15, 0.2) is 0 Å². The molecular formula is C11H20N4O2. The predicted molar refractivity (Wildman–Crippen MR) is 63.9 cm³/mol. The molecular weight excluding hydrogens is 220 g/mol. The van der Waals surface area contributed by atoms with E-state index in [1.807, 2.05) is 20.8 Å². The number of carbonyl (C=O) groups is 1. The third-order valence-corrected chi connectivity index (χ3v) is 2.36. The molecule has 0 saturated carbocycles. The van der Waals surface area contributed by atoms with Crippen molar-refractivity contribution in [2.45, 2.75) is 26.2 Å². The highest BCUT2D eigenvalue weighted by Gasteiger charge is 2.22. The monoisotopic (exact) mass is 240 g/mol. The molecule has 0 atom stereocenters. The second-order valence-electron chi connectivity index (χ2n) is 4.98. The number of H-pyrrole nitrogens is 1. The molecule has 0 aliphatic heterocycles. The minimum atomic E-state index is -0.200. The molecule has 1 N–H and O–H groups in total. The fraction of sp³-hybridized carbons (Fsp3) is 0.727. The van der Waals surface area contributed by atoms with Gasteiger partial charge in [-0.25, -0.2) is 4.98 Å². The maximum absolute atomic E-state index is 11.9. The van der Waals surface area contributed by atoms with Crippen LogP contribution >= 0.6 is 0 Å². The van der Waals surface area contributed by atoms with Crippen LogP contribution in [0, 0.1) is 0 Å². The Morgan fingerprint density at radius 2 is 2.12 bits per heavy atom. The second-order valence-corrected chi connectivity index (χ2v) is 4.98. The normalized spacial score (nSPS) is 11.6.